The molecule has 1 atom stereocenters. The predicted molar refractivity (Wildman–Crippen MR) is 67.9 cm³/mol. The minimum atomic E-state index is -1.08. The fraction of sp³-hybridized carbons (Fsp3) is 0.333. The molecule has 1 aromatic rings. The van der Waals surface area contributed by atoms with Crippen LogP contribution in [0.5, 0.6) is 0 Å². The first-order valence-corrected chi connectivity index (χ1v) is 6.12. The topological polar surface area (TPSA) is 57.6 Å². The van der Waals surface area contributed by atoms with Crippen molar-refractivity contribution in [3.8, 4) is 0 Å². The van der Waals surface area contributed by atoms with Crippen molar-refractivity contribution in [3.63, 3.8) is 0 Å². The van der Waals surface area contributed by atoms with Gasteiger partial charge in [-0.15, -0.1) is 0 Å². The monoisotopic (exact) mass is 317 g/mol. The molecule has 1 rings (SSSR count). The molecule has 0 saturated carbocycles. The largest absolute Gasteiger partial charge is 0.480 e. The Morgan fingerprint density at radius 3 is 2.50 bits per heavy atom. The summed E-state index contributed by atoms with van der Waals surface area (Å²) in [6, 6.07) is 2.85. The second kappa shape index (κ2) is 5.95. The molecule has 0 fully saturated rings. The van der Waals surface area contributed by atoms with Crippen molar-refractivity contribution in [2.45, 2.75) is 19.4 Å². The molecule has 0 saturated heterocycles. The van der Waals surface area contributed by atoms with Crippen LogP contribution >= 0.6 is 15.9 Å². The van der Waals surface area contributed by atoms with Gasteiger partial charge >= 0.3 is 5.97 Å². The fourth-order valence-electron chi connectivity index (χ4n) is 1.64. The number of aliphatic carboxylic acids is 1. The number of likely N-dealkylation sites (N-methyl/N-ethyl adjacent to an activating group) is 1. The summed E-state index contributed by atoms with van der Waals surface area (Å²) < 4.78 is 13.6. The molecule has 0 heterocycles. The molecule has 0 radical (unpaired) electrons. The standard InChI is InChI=1S/C12H13BrFNO3/c1-3-10(12(17)18)15(2)11(16)7-4-8(13)6-9(14)5-7/h4-6,10H,3H2,1-2H3,(H,17,18). The molecule has 6 heteroatoms. The van der Waals surface area contributed by atoms with Gasteiger partial charge in [0.2, 0.25) is 0 Å². The lowest BCUT2D eigenvalue weighted by atomic mass is 10.1. The lowest BCUT2D eigenvalue weighted by molar-refractivity contribution is -0.142. The van der Waals surface area contributed by atoms with Gasteiger partial charge in [-0.25, -0.2) is 9.18 Å². The van der Waals surface area contributed by atoms with Crippen molar-refractivity contribution in [2.24, 2.45) is 0 Å². The third-order valence-electron chi connectivity index (χ3n) is 2.57. The highest BCUT2D eigenvalue weighted by Crippen LogP contribution is 2.17. The second-order valence-electron chi connectivity index (χ2n) is 3.84. The van der Waals surface area contributed by atoms with Crippen LogP contribution in [0.1, 0.15) is 23.7 Å². The molecule has 18 heavy (non-hydrogen) atoms. The van der Waals surface area contributed by atoms with Crippen LogP contribution in [-0.4, -0.2) is 35.0 Å². The Hall–Kier alpha value is -1.43. The molecule has 0 aliphatic rings. The summed E-state index contributed by atoms with van der Waals surface area (Å²) in [5.41, 5.74) is 0.115. The van der Waals surface area contributed by atoms with E-state index < -0.39 is 23.7 Å². The van der Waals surface area contributed by atoms with Crippen LogP contribution in [0.2, 0.25) is 0 Å². The number of carboxylic acids is 1. The Morgan fingerprint density at radius 2 is 2.06 bits per heavy atom. The van der Waals surface area contributed by atoms with E-state index in [0.717, 1.165) is 11.0 Å². The summed E-state index contributed by atoms with van der Waals surface area (Å²) in [4.78, 5) is 24.1. The van der Waals surface area contributed by atoms with E-state index in [1.807, 2.05) is 0 Å². The van der Waals surface area contributed by atoms with Gasteiger partial charge in [0, 0.05) is 17.1 Å². The zero-order valence-corrected chi connectivity index (χ0v) is 11.6. The van der Waals surface area contributed by atoms with Crippen molar-refractivity contribution in [1.82, 2.24) is 4.90 Å². The van der Waals surface area contributed by atoms with Crippen molar-refractivity contribution in [2.75, 3.05) is 7.05 Å². The number of nitrogens with zero attached hydrogens (tertiary/aromatic N) is 1. The van der Waals surface area contributed by atoms with E-state index >= 15 is 0 Å². The summed E-state index contributed by atoms with van der Waals surface area (Å²) in [6.07, 6.45) is 0.286. The molecule has 4 nitrogen and oxygen atoms in total. The van der Waals surface area contributed by atoms with E-state index in [1.165, 1.54) is 19.2 Å². The molecular weight excluding hydrogens is 305 g/mol. The lowest BCUT2D eigenvalue weighted by Gasteiger charge is -2.23. The van der Waals surface area contributed by atoms with Crippen molar-refractivity contribution in [3.05, 3.63) is 34.1 Å². The molecular formula is C12H13BrFNO3. The fourth-order valence-corrected chi connectivity index (χ4v) is 2.10. The highest BCUT2D eigenvalue weighted by atomic mass is 79.9. The van der Waals surface area contributed by atoms with E-state index in [9.17, 15) is 14.0 Å². The van der Waals surface area contributed by atoms with Gasteiger partial charge in [-0.3, -0.25) is 4.79 Å². The highest BCUT2D eigenvalue weighted by molar-refractivity contribution is 9.10. The molecule has 0 bridgehead atoms. The number of carboxylic acid groups (broad SMARTS) is 1. The molecule has 0 aliphatic heterocycles. The Balaban J connectivity index is 3.02. The first kappa shape index (κ1) is 14.6. The average Bonchev–Trinajstić information content (AvgIpc) is 2.26. The molecule has 1 unspecified atom stereocenters. The van der Waals surface area contributed by atoms with Crippen LogP contribution in [0, 0.1) is 5.82 Å². The van der Waals surface area contributed by atoms with Crippen LogP contribution in [0.25, 0.3) is 0 Å². The third kappa shape index (κ3) is 3.29. The van der Waals surface area contributed by atoms with Crippen LogP contribution < -0.4 is 0 Å². The summed E-state index contributed by atoms with van der Waals surface area (Å²) in [5, 5.41) is 8.97. The quantitative estimate of drug-likeness (QED) is 0.928. The molecule has 1 N–H and O–H groups in total. The normalized spacial score (nSPS) is 12.0. The van der Waals surface area contributed by atoms with Gasteiger partial charge in [0.25, 0.3) is 5.91 Å². The number of rotatable bonds is 4. The van der Waals surface area contributed by atoms with Crippen molar-refractivity contribution < 1.29 is 19.1 Å². The number of carbonyl (C=O) groups is 2. The van der Waals surface area contributed by atoms with Crippen molar-refractivity contribution >= 4 is 27.8 Å². The maximum atomic E-state index is 13.2. The molecule has 0 aliphatic carbocycles. The minimum absolute atomic E-state index is 0.115. The average molecular weight is 318 g/mol. The van der Waals surface area contributed by atoms with Gasteiger partial charge in [-0.1, -0.05) is 22.9 Å². The van der Waals surface area contributed by atoms with E-state index in [4.69, 9.17) is 5.11 Å². The number of benzene rings is 1. The van der Waals surface area contributed by atoms with Crippen LogP contribution in [0.15, 0.2) is 22.7 Å². The SMILES string of the molecule is CCC(C(=O)O)N(C)C(=O)c1cc(F)cc(Br)c1. The summed E-state index contributed by atoms with van der Waals surface area (Å²) in [6.45, 7) is 1.67. The van der Waals surface area contributed by atoms with Crippen LogP contribution in [0.3, 0.4) is 0 Å². The van der Waals surface area contributed by atoms with E-state index in [2.05, 4.69) is 15.9 Å². The van der Waals surface area contributed by atoms with Gasteiger partial charge in [-0.2, -0.15) is 0 Å². The van der Waals surface area contributed by atoms with E-state index in [-0.39, 0.29) is 12.0 Å². The second-order valence-corrected chi connectivity index (χ2v) is 4.75. The summed E-state index contributed by atoms with van der Waals surface area (Å²) in [7, 11) is 1.39. The zero-order valence-electron chi connectivity index (χ0n) is 9.98. The Labute approximate surface area is 113 Å². The van der Waals surface area contributed by atoms with Crippen molar-refractivity contribution in [1.29, 1.82) is 0 Å². The van der Waals surface area contributed by atoms with E-state index in [0.29, 0.717) is 4.47 Å². The Kier molecular flexibility index (Phi) is 4.84. The molecule has 0 spiro atoms. The minimum Gasteiger partial charge on any atom is -0.480 e. The highest BCUT2D eigenvalue weighted by Gasteiger charge is 2.25. The Bertz CT molecular complexity index is 458. The van der Waals surface area contributed by atoms with Crippen LogP contribution in [0.4, 0.5) is 4.39 Å². The number of halogens is 2. The van der Waals surface area contributed by atoms with Gasteiger partial charge < -0.3 is 10.0 Å². The molecule has 1 aromatic carbocycles. The number of amides is 1. The van der Waals surface area contributed by atoms with Gasteiger partial charge in [0.1, 0.15) is 11.9 Å². The van der Waals surface area contributed by atoms with Crippen LogP contribution in [-0.2, 0) is 4.79 Å². The van der Waals surface area contributed by atoms with Gasteiger partial charge in [0.05, 0.1) is 0 Å². The number of carbonyl (C=O) groups excluding carboxylic acids is 1. The lowest BCUT2D eigenvalue weighted by Crippen LogP contribution is -2.42. The number of hydrogen-bond donors (Lipinski definition) is 1. The van der Waals surface area contributed by atoms with Gasteiger partial charge in [0.15, 0.2) is 0 Å². The zero-order chi connectivity index (χ0) is 13.9. The number of hydrogen-bond acceptors (Lipinski definition) is 2. The smallest absolute Gasteiger partial charge is 0.326 e. The Morgan fingerprint density at radius 1 is 1.44 bits per heavy atom. The maximum Gasteiger partial charge on any atom is 0.326 e. The molecule has 1 amide bonds. The molecule has 98 valence electrons. The predicted octanol–water partition coefficient (Wildman–Crippen LogP) is 2.52. The summed E-state index contributed by atoms with van der Waals surface area (Å²) in [5.74, 6) is -2.15. The maximum absolute atomic E-state index is 13.2. The summed E-state index contributed by atoms with van der Waals surface area (Å²) >= 11 is 3.09. The van der Waals surface area contributed by atoms with E-state index in [1.54, 1.807) is 6.92 Å². The first-order valence-electron chi connectivity index (χ1n) is 5.32. The molecule has 0 aromatic heterocycles. The first-order chi connectivity index (χ1) is 8.36. The third-order valence-corrected chi connectivity index (χ3v) is 3.03. The van der Waals surface area contributed by atoms with Gasteiger partial charge in [-0.05, 0) is 24.6 Å².